The number of amides is 1. The smallest absolute Gasteiger partial charge is 0.427 e. The van der Waals surface area contributed by atoms with Gasteiger partial charge in [0.15, 0.2) is 0 Å². The molecule has 0 saturated carbocycles. The molecule has 0 radical (unpaired) electrons. The van der Waals surface area contributed by atoms with E-state index >= 15 is 0 Å². The van der Waals surface area contributed by atoms with Crippen LogP contribution in [-0.2, 0) is 11.2 Å². The predicted molar refractivity (Wildman–Crippen MR) is 124 cm³/mol. The lowest BCUT2D eigenvalue weighted by Gasteiger charge is -2.35. The van der Waals surface area contributed by atoms with Gasteiger partial charge in [-0.3, -0.25) is 4.99 Å². The van der Waals surface area contributed by atoms with Gasteiger partial charge in [-0.1, -0.05) is 0 Å². The third-order valence-corrected chi connectivity index (χ3v) is 6.52. The normalized spacial score (nSPS) is 18.4. The summed E-state index contributed by atoms with van der Waals surface area (Å²) in [6, 6.07) is 4.53. The van der Waals surface area contributed by atoms with E-state index in [1.807, 2.05) is 13.8 Å². The maximum absolute atomic E-state index is 13.6. The summed E-state index contributed by atoms with van der Waals surface area (Å²) in [4.78, 5) is 20.3. The van der Waals surface area contributed by atoms with E-state index < -0.39 is 25.0 Å². The number of aryl methyl sites for hydroxylation is 1. The van der Waals surface area contributed by atoms with Gasteiger partial charge in [0.05, 0.1) is 23.7 Å². The average molecular weight is 501 g/mol. The van der Waals surface area contributed by atoms with Crippen molar-refractivity contribution in [3.63, 3.8) is 0 Å². The summed E-state index contributed by atoms with van der Waals surface area (Å²) in [7, 11) is 0. The van der Waals surface area contributed by atoms with Crippen LogP contribution in [0.3, 0.4) is 0 Å². The van der Waals surface area contributed by atoms with Crippen molar-refractivity contribution in [2.24, 2.45) is 16.6 Å². The van der Waals surface area contributed by atoms with Gasteiger partial charge in [-0.15, -0.1) is 0 Å². The van der Waals surface area contributed by atoms with Crippen LogP contribution in [0.4, 0.5) is 28.0 Å². The molecule has 1 fully saturated rings. The minimum absolute atomic E-state index is 0.0942. The predicted octanol–water partition coefficient (Wildman–Crippen LogP) is 4.13. The van der Waals surface area contributed by atoms with E-state index in [0.29, 0.717) is 50.2 Å². The first kappa shape index (κ1) is 26.8. The quantitative estimate of drug-likeness (QED) is 0.550. The van der Waals surface area contributed by atoms with Crippen molar-refractivity contribution >= 4 is 17.5 Å². The molecule has 3 N–H and O–H groups in total. The number of aliphatic hydroxyl groups is 1. The monoisotopic (exact) mass is 500 g/mol. The molecule has 1 aromatic rings. The number of ether oxygens (including phenoxy) is 1. The lowest BCUT2D eigenvalue weighted by molar-refractivity contribution is -0.214. The van der Waals surface area contributed by atoms with E-state index in [1.165, 1.54) is 17.0 Å². The number of aliphatic imine (C=N–C) groups is 1. The molecule has 2 aliphatic heterocycles. The summed E-state index contributed by atoms with van der Waals surface area (Å²) in [5.74, 6) is -0.393. The summed E-state index contributed by atoms with van der Waals surface area (Å²) in [6.45, 7) is 4.47. The number of piperidine rings is 1. The second-order valence-electron chi connectivity index (χ2n) is 8.67. The minimum atomic E-state index is -4.83. The molecule has 0 aromatic heterocycles. The molecule has 35 heavy (non-hydrogen) atoms. The molecule has 194 valence electrons. The lowest BCUT2D eigenvalue weighted by Crippen LogP contribution is -2.45. The summed E-state index contributed by atoms with van der Waals surface area (Å²) in [5, 5.41) is 8.91. The molecule has 2 aliphatic rings. The Morgan fingerprint density at radius 2 is 1.91 bits per heavy atom. The van der Waals surface area contributed by atoms with E-state index in [0.717, 1.165) is 17.0 Å². The standard InChI is InChI=1S/C24H32F4N4O3/c1-3-31(4-2)22(19-7-5-16-13-17(25)6-8-18(16)30-19)21(29)15-9-11-32(12-10-15)23(34)35-20(14-33)24(26,27)28/h6,8,13,15,20,33H,3-5,7,9-12,14,29H2,1-2H3/b22-21+. The highest BCUT2D eigenvalue weighted by atomic mass is 19.4. The van der Waals surface area contributed by atoms with Crippen LogP contribution in [0.25, 0.3) is 0 Å². The van der Waals surface area contributed by atoms with E-state index in [-0.39, 0.29) is 24.8 Å². The summed E-state index contributed by atoms with van der Waals surface area (Å²) in [5.41, 5.74) is 10.5. The number of hydrogen-bond acceptors (Lipinski definition) is 6. The Labute approximate surface area is 202 Å². The van der Waals surface area contributed by atoms with E-state index in [9.17, 15) is 22.4 Å². The number of likely N-dealkylation sites (tertiary alicyclic amines) is 1. The van der Waals surface area contributed by atoms with Crippen LogP contribution in [0.15, 0.2) is 34.6 Å². The van der Waals surface area contributed by atoms with Gasteiger partial charge in [-0.05, 0) is 63.3 Å². The lowest BCUT2D eigenvalue weighted by atomic mass is 9.89. The molecule has 0 bridgehead atoms. The van der Waals surface area contributed by atoms with Gasteiger partial charge in [-0.25, -0.2) is 9.18 Å². The van der Waals surface area contributed by atoms with Crippen LogP contribution < -0.4 is 5.73 Å². The largest absolute Gasteiger partial charge is 0.434 e. The Bertz CT molecular complexity index is 968. The zero-order valence-corrected chi connectivity index (χ0v) is 19.9. The third kappa shape index (κ3) is 6.25. The van der Waals surface area contributed by atoms with Crippen LogP contribution in [-0.4, -0.2) is 71.8 Å². The van der Waals surface area contributed by atoms with Crippen LogP contribution in [0.2, 0.25) is 0 Å². The number of carbonyl (C=O) groups is 1. The number of fused-ring (bicyclic) bond motifs is 1. The van der Waals surface area contributed by atoms with Crippen LogP contribution >= 0.6 is 0 Å². The van der Waals surface area contributed by atoms with Crippen molar-refractivity contribution < 1.29 is 32.2 Å². The molecule has 3 rings (SSSR count). The molecule has 1 aromatic carbocycles. The maximum Gasteiger partial charge on any atom is 0.427 e. The van der Waals surface area contributed by atoms with Crippen molar-refractivity contribution in [1.29, 1.82) is 0 Å². The molecule has 1 saturated heterocycles. The Kier molecular flexibility index (Phi) is 8.63. The number of alkyl halides is 3. The fourth-order valence-corrected chi connectivity index (χ4v) is 4.53. The third-order valence-electron chi connectivity index (χ3n) is 6.52. The van der Waals surface area contributed by atoms with E-state index in [2.05, 4.69) is 9.64 Å². The van der Waals surface area contributed by atoms with Crippen LogP contribution in [0, 0.1) is 11.7 Å². The number of hydrogen-bond donors (Lipinski definition) is 2. The maximum atomic E-state index is 13.6. The SMILES string of the molecule is CCN(CC)/C(C1=Nc2ccc(F)cc2CC1)=C(/N)C1CCN(C(=O)OC(CO)C(F)(F)F)CC1. The Hall–Kier alpha value is -2.82. The molecule has 1 amide bonds. The summed E-state index contributed by atoms with van der Waals surface area (Å²) >= 11 is 0. The zero-order chi connectivity index (χ0) is 25.8. The van der Waals surface area contributed by atoms with Crippen molar-refractivity contribution in [1.82, 2.24) is 9.80 Å². The van der Waals surface area contributed by atoms with Crippen molar-refractivity contribution in [2.75, 3.05) is 32.8 Å². The molecular formula is C24H32F4N4O3. The number of rotatable bonds is 7. The van der Waals surface area contributed by atoms with E-state index in [1.54, 1.807) is 6.07 Å². The number of benzene rings is 1. The number of allylic oxidation sites excluding steroid dienone is 2. The number of nitrogens with two attached hydrogens (primary N) is 1. The van der Waals surface area contributed by atoms with Crippen LogP contribution in [0.5, 0.6) is 0 Å². The first-order chi connectivity index (χ1) is 16.6. The topological polar surface area (TPSA) is 91.4 Å². The Balaban J connectivity index is 1.78. The summed E-state index contributed by atoms with van der Waals surface area (Å²) in [6.07, 6.45) is -6.33. The van der Waals surface area contributed by atoms with Gasteiger partial charge < -0.3 is 25.4 Å². The van der Waals surface area contributed by atoms with Crippen molar-refractivity contribution in [3.05, 3.63) is 41.0 Å². The molecule has 1 unspecified atom stereocenters. The molecule has 11 heteroatoms. The number of aliphatic hydroxyl groups excluding tert-OH is 1. The second kappa shape index (κ2) is 11.3. The average Bonchev–Trinajstić information content (AvgIpc) is 2.84. The molecule has 2 heterocycles. The number of nitrogens with zero attached hydrogens (tertiary/aromatic N) is 3. The van der Waals surface area contributed by atoms with Gasteiger partial charge in [-0.2, -0.15) is 13.2 Å². The Morgan fingerprint density at radius 3 is 2.49 bits per heavy atom. The molecule has 0 spiro atoms. The second-order valence-corrected chi connectivity index (χ2v) is 8.67. The minimum Gasteiger partial charge on any atom is -0.434 e. The van der Waals surface area contributed by atoms with E-state index in [4.69, 9.17) is 15.8 Å². The molecule has 1 atom stereocenters. The highest BCUT2D eigenvalue weighted by Crippen LogP contribution is 2.33. The van der Waals surface area contributed by atoms with Gasteiger partial charge >= 0.3 is 12.3 Å². The van der Waals surface area contributed by atoms with Crippen LogP contribution in [0.1, 0.15) is 38.7 Å². The first-order valence-electron chi connectivity index (χ1n) is 11.8. The molecule has 0 aliphatic carbocycles. The van der Waals surface area contributed by atoms with Gasteiger partial charge in [0.2, 0.25) is 6.10 Å². The van der Waals surface area contributed by atoms with Gasteiger partial charge in [0.1, 0.15) is 5.82 Å². The fourth-order valence-electron chi connectivity index (χ4n) is 4.53. The first-order valence-corrected chi connectivity index (χ1v) is 11.8. The van der Waals surface area contributed by atoms with Gasteiger partial charge in [0, 0.05) is 37.8 Å². The highest BCUT2D eigenvalue weighted by Gasteiger charge is 2.43. The van der Waals surface area contributed by atoms with Crippen molar-refractivity contribution in [2.45, 2.75) is 51.8 Å². The summed E-state index contributed by atoms with van der Waals surface area (Å²) < 4.78 is 56.5. The zero-order valence-electron chi connectivity index (χ0n) is 19.9. The molecular weight excluding hydrogens is 468 g/mol. The fraction of sp³-hybridized carbons (Fsp3) is 0.583. The number of carbonyl (C=O) groups excluding carboxylic acids is 1. The van der Waals surface area contributed by atoms with Crippen molar-refractivity contribution in [3.8, 4) is 0 Å². The van der Waals surface area contributed by atoms with Gasteiger partial charge in [0.25, 0.3) is 0 Å². The molecule has 7 nitrogen and oxygen atoms in total. The Morgan fingerprint density at radius 1 is 1.26 bits per heavy atom. The highest BCUT2D eigenvalue weighted by molar-refractivity contribution is 6.03. The number of halogens is 4.